The second kappa shape index (κ2) is 4.02. The van der Waals surface area contributed by atoms with Gasteiger partial charge < -0.3 is 12.6 Å². The molecule has 0 unspecified atom stereocenters. The number of carbonyl (C=O) groups excluding carboxylic acids is 1. The molecule has 2 heteroatoms. The number of rotatable bonds is 2. The Balaban J connectivity index is 3.08. The first-order valence-corrected chi connectivity index (χ1v) is 4.05. The highest BCUT2D eigenvalue weighted by molar-refractivity contribution is 7.70. The van der Waals surface area contributed by atoms with E-state index in [1.807, 2.05) is 30.3 Å². The van der Waals surface area contributed by atoms with Crippen LogP contribution in [0.2, 0.25) is 0 Å². The first-order chi connectivity index (χ1) is 5.75. The third-order valence-corrected chi connectivity index (χ3v) is 2.13. The van der Waals surface area contributed by atoms with Crippen LogP contribution in [-0.2, 0) is 17.4 Å². The largest absolute Gasteiger partial charge is 0.779 e. The van der Waals surface area contributed by atoms with E-state index in [2.05, 4.69) is 0 Å². The summed E-state index contributed by atoms with van der Waals surface area (Å²) in [6.07, 6.45) is 0.787. The lowest BCUT2D eigenvalue weighted by Gasteiger charge is -2.13. The number of aldehydes is 1. The van der Waals surface area contributed by atoms with Crippen molar-refractivity contribution >= 4 is 23.8 Å². The maximum absolute atomic E-state index is 10.4. The Labute approximate surface area is 77.5 Å². The van der Waals surface area contributed by atoms with Crippen LogP contribution in [0.4, 0.5) is 0 Å². The fraction of sp³-hybridized carbons (Fsp3) is 0.100. The van der Waals surface area contributed by atoms with Crippen molar-refractivity contribution in [2.45, 2.75) is 6.92 Å². The molecule has 1 aromatic carbocycles. The fourth-order valence-electron chi connectivity index (χ4n) is 0.871. The second-order valence-electron chi connectivity index (χ2n) is 2.50. The molecule has 0 radical (unpaired) electrons. The summed E-state index contributed by atoms with van der Waals surface area (Å²) in [7, 11) is 0. The number of carbonyl (C=O) groups is 1. The van der Waals surface area contributed by atoms with Gasteiger partial charge in [0.1, 0.15) is 6.29 Å². The third kappa shape index (κ3) is 1.92. The van der Waals surface area contributed by atoms with E-state index in [1.54, 1.807) is 6.92 Å². The van der Waals surface area contributed by atoms with Crippen LogP contribution in [0.1, 0.15) is 12.5 Å². The molecule has 1 aromatic rings. The molecule has 0 aromatic heterocycles. The van der Waals surface area contributed by atoms with E-state index in [-0.39, 0.29) is 0 Å². The molecule has 0 aliphatic carbocycles. The minimum Gasteiger partial charge on any atom is -0.779 e. The molecular formula is C10H9OS-. The van der Waals surface area contributed by atoms with E-state index in [4.69, 9.17) is 12.6 Å². The van der Waals surface area contributed by atoms with Gasteiger partial charge in [0.25, 0.3) is 0 Å². The molecule has 0 aliphatic rings. The Morgan fingerprint density at radius 3 is 2.42 bits per heavy atom. The van der Waals surface area contributed by atoms with Gasteiger partial charge in [-0.25, -0.2) is 0 Å². The summed E-state index contributed by atoms with van der Waals surface area (Å²) < 4.78 is 0. The van der Waals surface area contributed by atoms with Crippen molar-refractivity contribution in [3.8, 4) is 0 Å². The van der Waals surface area contributed by atoms with Gasteiger partial charge in [0.2, 0.25) is 0 Å². The average molecular weight is 177 g/mol. The zero-order valence-corrected chi connectivity index (χ0v) is 7.60. The van der Waals surface area contributed by atoms with E-state index in [0.29, 0.717) is 10.5 Å². The summed E-state index contributed by atoms with van der Waals surface area (Å²) >= 11 is 5.07. The van der Waals surface area contributed by atoms with E-state index in [9.17, 15) is 4.79 Å². The molecule has 12 heavy (non-hydrogen) atoms. The molecule has 0 atom stereocenters. The van der Waals surface area contributed by atoms with Gasteiger partial charge in [-0.3, -0.25) is 4.79 Å². The van der Waals surface area contributed by atoms with Gasteiger partial charge in [-0.05, 0) is 18.1 Å². The van der Waals surface area contributed by atoms with Crippen LogP contribution < -0.4 is 0 Å². The summed E-state index contributed by atoms with van der Waals surface area (Å²) in [5.41, 5.74) is 1.54. The number of allylic oxidation sites excluding steroid dienone is 1. The van der Waals surface area contributed by atoms with Crippen molar-refractivity contribution in [3.63, 3.8) is 0 Å². The van der Waals surface area contributed by atoms with Crippen LogP contribution in [0.5, 0.6) is 0 Å². The lowest BCUT2D eigenvalue weighted by Crippen LogP contribution is -1.85. The van der Waals surface area contributed by atoms with Crippen LogP contribution in [0.3, 0.4) is 0 Å². The summed E-state index contributed by atoms with van der Waals surface area (Å²) in [5.74, 6) is 0. The van der Waals surface area contributed by atoms with Crippen molar-refractivity contribution in [2.24, 2.45) is 0 Å². The Morgan fingerprint density at radius 2 is 1.92 bits per heavy atom. The molecule has 0 bridgehead atoms. The average Bonchev–Trinajstić information content (AvgIpc) is 2.17. The lowest BCUT2D eigenvalue weighted by atomic mass is 10.1. The first kappa shape index (κ1) is 8.94. The predicted octanol–water partition coefficient (Wildman–Crippen LogP) is 2.16. The normalized spacial score (nSPS) is 12.1. The Bertz CT molecular complexity index is 301. The molecule has 0 amide bonds. The summed E-state index contributed by atoms with van der Waals surface area (Å²) in [6, 6.07) is 9.52. The lowest BCUT2D eigenvalue weighted by molar-refractivity contribution is -0.104. The highest BCUT2D eigenvalue weighted by atomic mass is 32.1. The van der Waals surface area contributed by atoms with Gasteiger partial charge in [0, 0.05) is 0 Å². The molecule has 1 nitrogen and oxygen atoms in total. The molecule has 0 heterocycles. The highest BCUT2D eigenvalue weighted by Crippen LogP contribution is 2.14. The van der Waals surface area contributed by atoms with E-state index in [1.165, 1.54) is 0 Å². The van der Waals surface area contributed by atoms with Crippen LogP contribution >= 0.6 is 0 Å². The molecule has 0 fully saturated rings. The number of benzene rings is 1. The summed E-state index contributed by atoms with van der Waals surface area (Å²) in [5, 5.41) is 0. The molecule has 0 N–H and O–H groups in total. The smallest absolute Gasteiger partial charge is 0.144 e. The van der Waals surface area contributed by atoms with Gasteiger partial charge in [-0.1, -0.05) is 30.3 Å². The maximum atomic E-state index is 10.4. The molecular weight excluding hydrogens is 168 g/mol. The molecule has 0 spiro atoms. The molecule has 1 rings (SSSR count). The quantitative estimate of drug-likeness (QED) is 0.391. The van der Waals surface area contributed by atoms with Crippen LogP contribution in [0.25, 0.3) is 4.91 Å². The minimum absolute atomic E-state index is 0.608. The highest BCUT2D eigenvalue weighted by Gasteiger charge is 1.90. The zero-order chi connectivity index (χ0) is 8.97. The van der Waals surface area contributed by atoms with Crippen LogP contribution in [0.15, 0.2) is 35.9 Å². The van der Waals surface area contributed by atoms with Crippen molar-refractivity contribution in [2.75, 3.05) is 0 Å². The summed E-state index contributed by atoms with van der Waals surface area (Å²) in [6.45, 7) is 1.72. The van der Waals surface area contributed by atoms with Crippen molar-refractivity contribution < 1.29 is 4.79 Å². The predicted molar refractivity (Wildman–Crippen MR) is 52.5 cm³/mol. The van der Waals surface area contributed by atoms with Gasteiger partial charge in [-0.2, -0.15) is 4.91 Å². The van der Waals surface area contributed by atoms with Crippen molar-refractivity contribution in [3.05, 3.63) is 41.5 Å². The zero-order valence-electron chi connectivity index (χ0n) is 6.78. The third-order valence-electron chi connectivity index (χ3n) is 1.57. The maximum Gasteiger partial charge on any atom is 0.144 e. The van der Waals surface area contributed by atoms with E-state index >= 15 is 0 Å². The first-order valence-electron chi connectivity index (χ1n) is 3.64. The van der Waals surface area contributed by atoms with E-state index < -0.39 is 0 Å². The SMILES string of the molecule is C/C(C=O)=C(/[S-])c1ccccc1. The van der Waals surface area contributed by atoms with Gasteiger partial charge in [0.05, 0.1) is 0 Å². The molecule has 0 aliphatic heterocycles. The van der Waals surface area contributed by atoms with Crippen LogP contribution in [-0.4, -0.2) is 6.29 Å². The fourth-order valence-corrected chi connectivity index (χ4v) is 1.05. The van der Waals surface area contributed by atoms with Crippen molar-refractivity contribution in [1.29, 1.82) is 0 Å². The van der Waals surface area contributed by atoms with E-state index in [0.717, 1.165) is 11.8 Å². The molecule has 62 valence electrons. The Kier molecular flexibility index (Phi) is 3.00. The van der Waals surface area contributed by atoms with Gasteiger partial charge >= 0.3 is 0 Å². The Hall–Kier alpha value is -1.15. The molecule has 0 saturated heterocycles. The number of hydrogen-bond donors (Lipinski definition) is 0. The second-order valence-corrected chi connectivity index (χ2v) is 2.90. The summed E-state index contributed by atoms with van der Waals surface area (Å²) in [4.78, 5) is 11.0. The van der Waals surface area contributed by atoms with Gasteiger partial charge in [0.15, 0.2) is 0 Å². The number of hydrogen-bond acceptors (Lipinski definition) is 2. The van der Waals surface area contributed by atoms with Gasteiger partial charge in [-0.15, -0.1) is 0 Å². The standard InChI is InChI=1S/C10H10OS/c1-8(7-11)10(12)9-5-3-2-4-6-9/h2-7,12H,1H3/p-1/b10-8-. The van der Waals surface area contributed by atoms with Crippen molar-refractivity contribution in [1.82, 2.24) is 0 Å². The topological polar surface area (TPSA) is 17.1 Å². The van der Waals surface area contributed by atoms with Crippen LogP contribution in [0, 0.1) is 0 Å². The monoisotopic (exact) mass is 177 g/mol. The minimum atomic E-state index is 0.608. The molecule has 0 saturated carbocycles. The Morgan fingerprint density at radius 1 is 1.33 bits per heavy atom.